The highest BCUT2D eigenvalue weighted by Crippen LogP contribution is 2.18. The van der Waals surface area contributed by atoms with Crippen molar-refractivity contribution < 1.29 is 9.53 Å². The first-order valence-corrected chi connectivity index (χ1v) is 9.00. The second kappa shape index (κ2) is 9.48. The first-order valence-electron chi connectivity index (χ1n) is 9.00. The SMILES string of the molecule is CCOC=CC(=O)N1CCN(CCCc2ccccc2)[C@H](C)[C@@H]1C. The molecule has 0 bridgehead atoms. The van der Waals surface area contributed by atoms with Gasteiger partial charge in [0.05, 0.1) is 12.9 Å². The van der Waals surface area contributed by atoms with Gasteiger partial charge >= 0.3 is 0 Å². The number of nitrogens with zero attached hydrogens (tertiary/aromatic N) is 2. The molecule has 2 atom stereocenters. The van der Waals surface area contributed by atoms with Crippen LogP contribution in [0.15, 0.2) is 42.7 Å². The molecule has 24 heavy (non-hydrogen) atoms. The Morgan fingerprint density at radius 2 is 1.96 bits per heavy atom. The lowest BCUT2D eigenvalue weighted by molar-refractivity contribution is -0.132. The third-order valence-corrected chi connectivity index (χ3v) is 4.90. The van der Waals surface area contributed by atoms with Crippen molar-refractivity contribution in [1.82, 2.24) is 9.80 Å². The molecule has 1 aliphatic heterocycles. The smallest absolute Gasteiger partial charge is 0.249 e. The minimum Gasteiger partial charge on any atom is -0.501 e. The Labute approximate surface area is 146 Å². The van der Waals surface area contributed by atoms with E-state index in [0.717, 1.165) is 32.5 Å². The van der Waals surface area contributed by atoms with Crippen LogP contribution >= 0.6 is 0 Å². The van der Waals surface area contributed by atoms with E-state index in [9.17, 15) is 4.79 Å². The molecule has 0 unspecified atom stereocenters. The van der Waals surface area contributed by atoms with Gasteiger partial charge in [-0.15, -0.1) is 0 Å². The fraction of sp³-hybridized carbons (Fsp3) is 0.550. The number of hydrogen-bond acceptors (Lipinski definition) is 3. The summed E-state index contributed by atoms with van der Waals surface area (Å²) in [6.07, 6.45) is 5.31. The monoisotopic (exact) mass is 330 g/mol. The lowest BCUT2D eigenvalue weighted by atomic mass is 10.0. The quantitative estimate of drug-likeness (QED) is 0.569. The molecule has 1 aromatic carbocycles. The number of piperazine rings is 1. The van der Waals surface area contributed by atoms with E-state index in [0.29, 0.717) is 12.6 Å². The molecule has 1 saturated heterocycles. The zero-order valence-electron chi connectivity index (χ0n) is 15.1. The minimum atomic E-state index is 0.0479. The molecule has 0 radical (unpaired) electrons. The van der Waals surface area contributed by atoms with Crippen molar-refractivity contribution >= 4 is 5.91 Å². The van der Waals surface area contributed by atoms with E-state index >= 15 is 0 Å². The third kappa shape index (κ3) is 5.10. The number of rotatable bonds is 7. The summed E-state index contributed by atoms with van der Waals surface area (Å²) in [5.74, 6) is 0.0479. The predicted molar refractivity (Wildman–Crippen MR) is 97.7 cm³/mol. The van der Waals surface area contributed by atoms with Crippen LogP contribution in [-0.4, -0.2) is 54.0 Å². The van der Waals surface area contributed by atoms with Gasteiger partial charge in [0.15, 0.2) is 0 Å². The summed E-state index contributed by atoms with van der Waals surface area (Å²) in [6, 6.07) is 11.2. The molecule has 1 aromatic rings. The van der Waals surface area contributed by atoms with Gasteiger partial charge in [-0.25, -0.2) is 0 Å². The molecule has 0 saturated carbocycles. The van der Waals surface area contributed by atoms with Crippen LogP contribution in [0.1, 0.15) is 32.8 Å². The Bertz CT molecular complexity index is 530. The van der Waals surface area contributed by atoms with Gasteiger partial charge in [-0.1, -0.05) is 30.3 Å². The van der Waals surface area contributed by atoms with E-state index in [1.165, 1.54) is 17.9 Å². The van der Waals surface area contributed by atoms with Crippen molar-refractivity contribution in [3.8, 4) is 0 Å². The molecule has 1 heterocycles. The Morgan fingerprint density at radius 1 is 1.21 bits per heavy atom. The van der Waals surface area contributed by atoms with Crippen LogP contribution < -0.4 is 0 Å². The number of hydrogen-bond donors (Lipinski definition) is 0. The van der Waals surface area contributed by atoms with E-state index in [-0.39, 0.29) is 11.9 Å². The summed E-state index contributed by atoms with van der Waals surface area (Å²) < 4.78 is 5.13. The lowest BCUT2D eigenvalue weighted by Gasteiger charge is -2.44. The number of aryl methyl sites for hydroxylation is 1. The van der Waals surface area contributed by atoms with E-state index in [1.807, 2.05) is 11.8 Å². The molecule has 132 valence electrons. The Kier molecular flexibility index (Phi) is 7.32. The van der Waals surface area contributed by atoms with Gasteiger partial charge in [0, 0.05) is 31.2 Å². The van der Waals surface area contributed by atoms with Gasteiger partial charge in [-0.05, 0) is 45.7 Å². The Hall–Kier alpha value is -1.81. The summed E-state index contributed by atoms with van der Waals surface area (Å²) in [6.45, 7) is 9.66. The highest BCUT2D eigenvalue weighted by atomic mass is 16.5. The van der Waals surface area contributed by atoms with E-state index in [4.69, 9.17) is 4.74 Å². The number of carbonyl (C=O) groups excluding carboxylic acids is 1. The molecule has 1 aliphatic rings. The molecule has 4 heteroatoms. The van der Waals surface area contributed by atoms with Crippen LogP contribution in [0.5, 0.6) is 0 Å². The summed E-state index contributed by atoms with van der Waals surface area (Å²) in [7, 11) is 0. The van der Waals surface area contributed by atoms with E-state index < -0.39 is 0 Å². The molecule has 1 fully saturated rings. The molecule has 0 aromatic heterocycles. The van der Waals surface area contributed by atoms with Crippen LogP contribution in [0, 0.1) is 0 Å². The zero-order chi connectivity index (χ0) is 17.4. The highest BCUT2D eigenvalue weighted by Gasteiger charge is 2.32. The van der Waals surface area contributed by atoms with Crippen molar-refractivity contribution in [2.45, 2.75) is 45.7 Å². The number of benzene rings is 1. The standard InChI is InChI=1S/C20H30N2O2/c1-4-24-16-12-20(23)22-15-14-21(17(2)18(22)3)13-8-11-19-9-6-5-7-10-19/h5-7,9-10,12,16-18H,4,8,11,13-15H2,1-3H3/t17-,18+/m1/s1. The van der Waals surface area contributed by atoms with Gasteiger partial charge in [-0.3, -0.25) is 9.69 Å². The van der Waals surface area contributed by atoms with Crippen LogP contribution in [0.4, 0.5) is 0 Å². The Morgan fingerprint density at radius 3 is 2.67 bits per heavy atom. The minimum absolute atomic E-state index is 0.0479. The van der Waals surface area contributed by atoms with Crippen molar-refractivity contribution in [2.75, 3.05) is 26.2 Å². The van der Waals surface area contributed by atoms with E-state index in [2.05, 4.69) is 49.1 Å². The van der Waals surface area contributed by atoms with Crippen molar-refractivity contribution in [2.24, 2.45) is 0 Å². The first-order chi connectivity index (χ1) is 11.6. The van der Waals surface area contributed by atoms with Gasteiger partial charge < -0.3 is 9.64 Å². The first kappa shape index (κ1) is 18.5. The van der Waals surface area contributed by atoms with Gasteiger partial charge in [-0.2, -0.15) is 0 Å². The maximum absolute atomic E-state index is 12.3. The van der Waals surface area contributed by atoms with Gasteiger partial charge in [0.25, 0.3) is 0 Å². The molecule has 1 amide bonds. The number of ether oxygens (including phenoxy) is 1. The zero-order valence-corrected chi connectivity index (χ0v) is 15.1. The Balaban J connectivity index is 1.81. The normalized spacial score (nSPS) is 22.0. The average Bonchev–Trinajstić information content (AvgIpc) is 2.60. The summed E-state index contributed by atoms with van der Waals surface area (Å²) in [5, 5.41) is 0. The number of amides is 1. The topological polar surface area (TPSA) is 32.8 Å². The van der Waals surface area contributed by atoms with Crippen LogP contribution in [0.3, 0.4) is 0 Å². The van der Waals surface area contributed by atoms with Crippen LogP contribution in [0.2, 0.25) is 0 Å². The van der Waals surface area contributed by atoms with Crippen LogP contribution in [0.25, 0.3) is 0 Å². The van der Waals surface area contributed by atoms with Gasteiger partial charge in [0.1, 0.15) is 0 Å². The van der Waals surface area contributed by atoms with Crippen molar-refractivity contribution in [3.63, 3.8) is 0 Å². The second-order valence-corrected chi connectivity index (χ2v) is 6.40. The summed E-state index contributed by atoms with van der Waals surface area (Å²) in [5.41, 5.74) is 1.40. The van der Waals surface area contributed by atoms with Crippen molar-refractivity contribution in [1.29, 1.82) is 0 Å². The fourth-order valence-electron chi connectivity index (χ4n) is 3.26. The van der Waals surface area contributed by atoms with Gasteiger partial charge in [0.2, 0.25) is 5.91 Å². The van der Waals surface area contributed by atoms with E-state index in [1.54, 1.807) is 0 Å². The molecular weight excluding hydrogens is 300 g/mol. The lowest BCUT2D eigenvalue weighted by Crippen LogP contribution is -2.58. The van der Waals surface area contributed by atoms with Crippen molar-refractivity contribution in [3.05, 3.63) is 48.2 Å². The average molecular weight is 330 g/mol. The second-order valence-electron chi connectivity index (χ2n) is 6.40. The molecule has 0 spiro atoms. The highest BCUT2D eigenvalue weighted by molar-refractivity contribution is 5.87. The predicted octanol–water partition coefficient (Wildman–Crippen LogP) is 3.09. The molecular formula is C20H30N2O2. The molecule has 0 aliphatic carbocycles. The maximum atomic E-state index is 12.3. The number of carbonyl (C=O) groups is 1. The summed E-state index contributed by atoms with van der Waals surface area (Å²) >= 11 is 0. The fourth-order valence-corrected chi connectivity index (χ4v) is 3.26. The largest absolute Gasteiger partial charge is 0.501 e. The molecule has 2 rings (SSSR count). The maximum Gasteiger partial charge on any atom is 0.249 e. The summed E-state index contributed by atoms with van der Waals surface area (Å²) in [4.78, 5) is 16.7. The molecule has 0 N–H and O–H groups in total. The third-order valence-electron chi connectivity index (χ3n) is 4.90. The van der Waals surface area contributed by atoms with Crippen LogP contribution in [-0.2, 0) is 16.0 Å². The molecule has 4 nitrogen and oxygen atoms in total.